The molecular weight excluding hydrogens is 272 g/mol. The van der Waals surface area contributed by atoms with Gasteiger partial charge in [0.05, 0.1) is 0 Å². The monoisotopic (exact) mass is 283 g/mol. The Hall–Kier alpha value is -2.18. The summed E-state index contributed by atoms with van der Waals surface area (Å²) in [6.07, 6.45) is -1.42. The quantitative estimate of drug-likeness (QED) is 0.906. The normalized spacial score (nSPS) is 25.7. The Morgan fingerprint density at radius 2 is 2.00 bits per heavy atom. The number of carboxylic acid groups (broad SMARTS) is 1. The summed E-state index contributed by atoms with van der Waals surface area (Å²) in [6, 6.07) is 2.17. The predicted octanol–water partition coefficient (Wildman–Crippen LogP) is 2.91. The number of cyclic esters (lactones) is 1. The van der Waals surface area contributed by atoms with E-state index in [9.17, 15) is 18.4 Å². The number of imide groups is 1. The molecule has 2 aliphatic rings. The van der Waals surface area contributed by atoms with Gasteiger partial charge in [0, 0.05) is 0 Å². The van der Waals surface area contributed by atoms with Crippen molar-refractivity contribution < 1.29 is 28.2 Å². The molecule has 0 aromatic heterocycles. The van der Waals surface area contributed by atoms with Gasteiger partial charge < -0.3 is 9.84 Å². The molecule has 1 aliphatic heterocycles. The maximum atomic E-state index is 13.3. The van der Waals surface area contributed by atoms with Crippen LogP contribution in [0.3, 0.4) is 0 Å². The van der Waals surface area contributed by atoms with Gasteiger partial charge in [-0.05, 0) is 36.5 Å². The fraction of sp³-hybridized carbons (Fsp3) is 0.385. The standard InChI is InChI=1S/C13H11F2NO4/c14-8-4-3-7(5-9(8)15)10-11(6-1-2-6)20-13(19)16(10)12(17)18/h3-6,10-11H,1-2H2,(H,17,18). The lowest BCUT2D eigenvalue weighted by atomic mass is 9.98. The van der Waals surface area contributed by atoms with Crippen molar-refractivity contribution in [3.05, 3.63) is 35.4 Å². The lowest BCUT2D eigenvalue weighted by Gasteiger charge is -2.21. The van der Waals surface area contributed by atoms with Crippen LogP contribution in [-0.4, -0.2) is 28.3 Å². The first-order chi connectivity index (χ1) is 9.49. The largest absolute Gasteiger partial charge is 0.465 e. The molecule has 106 valence electrons. The molecule has 2 amide bonds. The lowest BCUT2D eigenvalue weighted by molar-refractivity contribution is 0.117. The summed E-state index contributed by atoms with van der Waals surface area (Å²) in [7, 11) is 0. The van der Waals surface area contributed by atoms with Crippen LogP contribution in [0, 0.1) is 17.6 Å². The van der Waals surface area contributed by atoms with Crippen LogP contribution in [0.2, 0.25) is 0 Å². The first-order valence-electron chi connectivity index (χ1n) is 6.16. The van der Waals surface area contributed by atoms with Gasteiger partial charge in [-0.25, -0.2) is 23.3 Å². The second-order valence-corrected chi connectivity index (χ2v) is 4.96. The van der Waals surface area contributed by atoms with Crippen LogP contribution in [0.4, 0.5) is 18.4 Å². The molecule has 1 aliphatic carbocycles. The average Bonchev–Trinajstić information content (AvgIpc) is 3.16. The average molecular weight is 283 g/mol. The summed E-state index contributed by atoms with van der Waals surface area (Å²) >= 11 is 0. The highest BCUT2D eigenvalue weighted by Gasteiger charge is 2.52. The Bertz CT molecular complexity index is 588. The molecule has 1 N–H and O–H groups in total. The van der Waals surface area contributed by atoms with Gasteiger partial charge in [-0.3, -0.25) is 0 Å². The second-order valence-electron chi connectivity index (χ2n) is 4.96. The summed E-state index contributed by atoms with van der Waals surface area (Å²) in [5.41, 5.74) is 0.217. The number of nitrogens with zero attached hydrogens (tertiary/aromatic N) is 1. The Morgan fingerprint density at radius 3 is 2.55 bits per heavy atom. The van der Waals surface area contributed by atoms with Crippen molar-refractivity contribution in [2.75, 3.05) is 0 Å². The molecule has 1 aromatic carbocycles. The highest BCUT2D eigenvalue weighted by molar-refractivity contribution is 5.89. The van der Waals surface area contributed by atoms with Crippen molar-refractivity contribution in [3.8, 4) is 0 Å². The van der Waals surface area contributed by atoms with E-state index in [1.54, 1.807) is 0 Å². The van der Waals surface area contributed by atoms with Crippen molar-refractivity contribution in [2.45, 2.75) is 25.0 Å². The van der Waals surface area contributed by atoms with Crippen LogP contribution in [0.5, 0.6) is 0 Å². The number of hydrogen-bond donors (Lipinski definition) is 1. The summed E-state index contributed by atoms with van der Waals surface area (Å²) < 4.78 is 31.4. The van der Waals surface area contributed by atoms with Gasteiger partial charge in [0.25, 0.3) is 0 Å². The van der Waals surface area contributed by atoms with Gasteiger partial charge in [0.15, 0.2) is 11.6 Å². The third-order valence-corrected chi connectivity index (χ3v) is 3.60. The maximum absolute atomic E-state index is 13.3. The zero-order chi connectivity index (χ0) is 14.4. The minimum Gasteiger partial charge on any atom is -0.465 e. The third-order valence-electron chi connectivity index (χ3n) is 3.60. The zero-order valence-corrected chi connectivity index (χ0v) is 10.3. The van der Waals surface area contributed by atoms with E-state index in [2.05, 4.69) is 0 Å². The first kappa shape index (κ1) is 12.8. The van der Waals surface area contributed by atoms with E-state index in [-0.39, 0.29) is 11.5 Å². The summed E-state index contributed by atoms with van der Waals surface area (Å²) in [6.45, 7) is 0. The number of ether oxygens (including phenoxy) is 1. The molecule has 2 unspecified atom stereocenters. The number of hydrogen-bond acceptors (Lipinski definition) is 3. The van der Waals surface area contributed by atoms with E-state index in [1.165, 1.54) is 6.07 Å². The van der Waals surface area contributed by atoms with Crippen molar-refractivity contribution in [1.82, 2.24) is 4.90 Å². The minimum atomic E-state index is -1.46. The lowest BCUT2D eigenvalue weighted by Crippen LogP contribution is -2.34. The fourth-order valence-electron chi connectivity index (χ4n) is 2.51. The van der Waals surface area contributed by atoms with Crippen molar-refractivity contribution in [3.63, 3.8) is 0 Å². The molecule has 5 nitrogen and oxygen atoms in total. The van der Waals surface area contributed by atoms with Gasteiger partial charge in [0.1, 0.15) is 12.1 Å². The van der Waals surface area contributed by atoms with E-state index >= 15 is 0 Å². The van der Waals surface area contributed by atoms with Gasteiger partial charge in [0.2, 0.25) is 0 Å². The SMILES string of the molecule is O=C(O)N1C(=O)OC(C2CC2)C1c1ccc(F)c(F)c1. The molecule has 2 fully saturated rings. The van der Waals surface area contributed by atoms with E-state index in [4.69, 9.17) is 9.84 Å². The Balaban J connectivity index is 2.02. The topological polar surface area (TPSA) is 66.8 Å². The molecule has 0 spiro atoms. The first-order valence-corrected chi connectivity index (χ1v) is 6.16. The molecule has 1 saturated heterocycles. The number of rotatable bonds is 2. The molecule has 1 heterocycles. The molecule has 1 saturated carbocycles. The minimum absolute atomic E-state index is 0.0708. The van der Waals surface area contributed by atoms with Crippen LogP contribution in [0.25, 0.3) is 0 Å². The van der Waals surface area contributed by atoms with E-state index in [1.807, 2.05) is 0 Å². The van der Waals surface area contributed by atoms with Crippen molar-refractivity contribution in [2.24, 2.45) is 5.92 Å². The molecule has 0 radical (unpaired) electrons. The van der Waals surface area contributed by atoms with Crippen LogP contribution in [0.15, 0.2) is 18.2 Å². The molecular formula is C13H11F2NO4. The Morgan fingerprint density at radius 1 is 1.30 bits per heavy atom. The highest BCUT2D eigenvalue weighted by atomic mass is 19.2. The number of amides is 2. The van der Waals surface area contributed by atoms with Crippen molar-refractivity contribution in [1.29, 1.82) is 0 Å². The molecule has 7 heteroatoms. The Kier molecular flexibility index (Phi) is 2.84. The molecule has 1 aromatic rings. The number of carbonyl (C=O) groups is 2. The number of benzene rings is 1. The summed E-state index contributed by atoms with van der Waals surface area (Å²) in [5.74, 6) is -2.04. The molecule has 3 rings (SSSR count). The van der Waals surface area contributed by atoms with Crippen LogP contribution >= 0.6 is 0 Å². The van der Waals surface area contributed by atoms with E-state index in [0.29, 0.717) is 4.90 Å². The molecule has 2 atom stereocenters. The second kappa shape index (κ2) is 4.43. The van der Waals surface area contributed by atoms with Gasteiger partial charge in [-0.2, -0.15) is 0 Å². The molecule has 0 bridgehead atoms. The van der Waals surface area contributed by atoms with Gasteiger partial charge >= 0.3 is 12.2 Å². The molecule has 20 heavy (non-hydrogen) atoms. The summed E-state index contributed by atoms with van der Waals surface area (Å²) in [4.78, 5) is 23.4. The van der Waals surface area contributed by atoms with Gasteiger partial charge in [-0.1, -0.05) is 6.07 Å². The number of carbonyl (C=O) groups excluding carboxylic acids is 1. The smallest absolute Gasteiger partial charge is 0.420 e. The van der Waals surface area contributed by atoms with E-state index in [0.717, 1.165) is 25.0 Å². The maximum Gasteiger partial charge on any atom is 0.420 e. The predicted molar refractivity (Wildman–Crippen MR) is 62.0 cm³/mol. The fourth-order valence-corrected chi connectivity index (χ4v) is 2.51. The van der Waals surface area contributed by atoms with E-state index < -0.39 is 36.0 Å². The van der Waals surface area contributed by atoms with Gasteiger partial charge in [-0.15, -0.1) is 0 Å². The van der Waals surface area contributed by atoms with Crippen LogP contribution in [0.1, 0.15) is 24.4 Å². The summed E-state index contributed by atoms with van der Waals surface area (Å²) in [5, 5.41) is 9.12. The third kappa shape index (κ3) is 1.99. The number of halogens is 2. The van der Waals surface area contributed by atoms with Crippen LogP contribution in [-0.2, 0) is 4.74 Å². The highest BCUT2D eigenvalue weighted by Crippen LogP contribution is 2.46. The Labute approximate surface area is 112 Å². The van der Waals surface area contributed by atoms with Crippen LogP contribution < -0.4 is 0 Å². The zero-order valence-electron chi connectivity index (χ0n) is 10.3. The van der Waals surface area contributed by atoms with Crippen molar-refractivity contribution >= 4 is 12.2 Å².